The van der Waals surface area contributed by atoms with Crippen molar-refractivity contribution in [1.29, 1.82) is 0 Å². The number of amides is 3. The molecule has 0 radical (unpaired) electrons. The Bertz CT molecular complexity index is 341. The van der Waals surface area contributed by atoms with Crippen molar-refractivity contribution in [3.05, 3.63) is 0 Å². The summed E-state index contributed by atoms with van der Waals surface area (Å²) in [6, 6.07) is 0.312. The first-order valence-electron chi connectivity index (χ1n) is 7.32. The molecule has 1 aliphatic rings. The minimum absolute atomic E-state index is 0.0839. The van der Waals surface area contributed by atoms with Gasteiger partial charge in [0.2, 0.25) is 5.91 Å². The van der Waals surface area contributed by atoms with Gasteiger partial charge in [-0.15, -0.1) is 0 Å². The second-order valence-electron chi connectivity index (χ2n) is 4.99. The maximum atomic E-state index is 12.0. The summed E-state index contributed by atoms with van der Waals surface area (Å²) in [6.07, 6.45) is 3.88. The lowest BCUT2D eigenvalue weighted by Gasteiger charge is -2.24. The fourth-order valence-corrected chi connectivity index (χ4v) is 4.07. The van der Waals surface area contributed by atoms with Gasteiger partial charge >= 0.3 is 14.8 Å². The van der Waals surface area contributed by atoms with Gasteiger partial charge in [0, 0.05) is 46.9 Å². The van der Waals surface area contributed by atoms with Crippen LogP contribution in [-0.4, -0.2) is 60.1 Å². The first-order chi connectivity index (χ1) is 10.1. The van der Waals surface area contributed by atoms with Crippen molar-refractivity contribution in [3.8, 4) is 0 Å². The molecule has 0 saturated carbocycles. The summed E-state index contributed by atoms with van der Waals surface area (Å²) >= 11 is 0. The summed E-state index contributed by atoms with van der Waals surface area (Å²) in [7, 11) is 2.11. The Kier molecular flexibility index (Phi) is 7.87. The predicted molar refractivity (Wildman–Crippen MR) is 79.8 cm³/mol. The molecule has 0 bridgehead atoms. The van der Waals surface area contributed by atoms with Crippen LogP contribution in [0.3, 0.4) is 0 Å². The summed E-state index contributed by atoms with van der Waals surface area (Å²) < 4.78 is 15.9. The van der Waals surface area contributed by atoms with Crippen LogP contribution < -0.4 is 5.32 Å². The maximum absolute atomic E-state index is 12.0. The fraction of sp³-hybridized carbons (Fsp3) is 0.846. The lowest BCUT2D eigenvalue weighted by molar-refractivity contribution is -0.127. The SMILES string of the molecule is CO[Si](CCCNC(=O)N1CCCCCC1=O)(OC)OC. The number of urea groups is 1. The van der Waals surface area contributed by atoms with Crippen LogP contribution in [-0.2, 0) is 18.1 Å². The summed E-state index contributed by atoms with van der Waals surface area (Å²) in [5, 5.41) is 2.78. The monoisotopic (exact) mass is 318 g/mol. The predicted octanol–water partition coefficient (Wildman–Crippen LogP) is 1.37. The Morgan fingerprint density at radius 2 is 1.86 bits per heavy atom. The van der Waals surface area contributed by atoms with Crippen LogP contribution in [0.15, 0.2) is 0 Å². The van der Waals surface area contributed by atoms with Gasteiger partial charge in [0.25, 0.3) is 0 Å². The molecule has 1 heterocycles. The third kappa shape index (κ3) is 5.38. The molecule has 8 heteroatoms. The molecule has 1 rings (SSSR count). The number of carbonyl (C=O) groups is 2. The van der Waals surface area contributed by atoms with E-state index in [-0.39, 0.29) is 11.9 Å². The Morgan fingerprint density at radius 1 is 1.19 bits per heavy atom. The highest BCUT2D eigenvalue weighted by molar-refractivity contribution is 6.60. The van der Waals surface area contributed by atoms with Crippen molar-refractivity contribution >= 4 is 20.7 Å². The van der Waals surface area contributed by atoms with Crippen LogP contribution >= 0.6 is 0 Å². The van der Waals surface area contributed by atoms with Crippen molar-refractivity contribution in [2.75, 3.05) is 34.4 Å². The van der Waals surface area contributed by atoms with Crippen LogP contribution in [0.2, 0.25) is 6.04 Å². The topological polar surface area (TPSA) is 77.1 Å². The number of rotatable bonds is 7. The van der Waals surface area contributed by atoms with E-state index in [1.807, 2.05) is 0 Å². The van der Waals surface area contributed by atoms with Gasteiger partial charge in [-0.2, -0.15) is 0 Å². The lowest BCUT2D eigenvalue weighted by Crippen LogP contribution is -2.45. The van der Waals surface area contributed by atoms with E-state index >= 15 is 0 Å². The van der Waals surface area contributed by atoms with Crippen molar-refractivity contribution in [3.63, 3.8) is 0 Å². The smallest absolute Gasteiger partial charge is 0.377 e. The van der Waals surface area contributed by atoms with Gasteiger partial charge in [0.05, 0.1) is 0 Å². The van der Waals surface area contributed by atoms with Gasteiger partial charge in [-0.3, -0.25) is 9.69 Å². The fourth-order valence-electron chi connectivity index (χ4n) is 2.35. The van der Waals surface area contributed by atoms with Crippen molar-refractivity contribution in [2.45, 2.75) is 38.1 Å². The van der Waals surface area contributed by atoms with Gasteiger partial charge < -0.3 is 18.6 Å². The minimum atomic E-state index is -2.58. The molecule has 3 amide bonds. The zero-order chi connectivity index (χ0) is 15.7. The molecule has 0 spiro atoms. The molecule has 1 aliphatic heterocycles. The summed E-state index contributed by atoms with van der Waals surface area (Å²) in [4.78, 5) is 25.1. The molecule has 7 nitrogen and oxygen atoms in total. The molecule has 1 fully saturated rings. The number of imide groups is 1. The number of hydrogen-bond donors (Lipinski definition) is 1. The maximum Gasteiger partial charge on any atom is 0.500 e. The molecule has 0 aliphatic carbocycles. The van der Waals surface area contributed by atoms with E-state index in [1.165, 1.54) is 4.90 Å². The van der Waals surface area contributed by atoms with Crippen molar-refractivity contribution in [2.24, 2.45) is 0 Å². The van der Waals surface area contributed by atoms with Crippen LogP contribution in [0.25, 0.3) is 0 Å². The van der Waals surface area contributed by atoms with E-state index < -0.39 is 8.80 Å². The van der Waals surface area contributed by atoms with Gasteiger partial charge in [-0.25, -0.2) is 4.79 Å². The second kappa shape index (κ2) is 9.14. The molecular formula is C13H26N2O5Si. The zero-order valence-electron chi connectivity index (χ0n) is 13.1. The van der Waals surface area contributed by atoms with Gasteiger partial charge in [-0.05, 0) is 19.3 Å². The standard InChI is InChI=1S/C13H26N2O5Si/c1-18-21(19-2,20-3)11-7-9-14-13(17)15-10-6-4-5-8-12(15)16/h4-11H2,1-3H3,(H,14,17). The molecular weight excluding hydrogens is 292 g/mol. The van der Waals surface area contributed by atoms with Crippen LogP contribution in [0.4, 0.5) is 4.79 Å². The van der Waals surface area contributed by atoms with Crippen molar-refractivity contribution in [1.82, 2.24) is 10.2 Å². The highest BCUT2D eigenvalue weighted by atomic mass is 28.4. The molecule has 0 aromatic rings. The van der Waals surface area contributed by atoms with E-state index in [2.05, 4.69) is 5.32 Å². The quantitative estimate of drug-likeness (QED) is 0.566. The average molecular weight is 318 g/mol. The third-order valence-corrected chi connectivity index (χ3v) is 6.52. The highest BCUT2D eigenvalue weighted by Gasteiger charge is 2.36. The number of hydrogen-bond acceptors (Lipinski definition) is 5. The van der Waals surface area contributed by atoms with E-state index in [4.69, 9.17) is 13.3 Å². The van der Waals surface area contributed by atoms with Crippen LogP contribution in [0.5, 0.6) is 0 Å². The molecule has 1 saturated heterocycles. The first-order valence-corrected chi connectivity index (χ1v) is 9.25. The molecule has 21 heavy (non-hydrogen) atoms. The molecule has 0 atom stereocenters. The first kappa shape index (κ1) is 18.1. The van der Waals surface area contributed by atoms with E-state index in [9.17, 15) is 9.59 Å². The minimum Gasteiger partial charge on any atom is -0.377 e. The molecule has 0 aromatic carbocycles. The number of nitrogens with one attached hydrogen (secondary N) is 1. The normalized spacial score (nSPS) is 16.7. The molecule has 0 aromatic heterocycles. The Hall–Kier alpha value is -0.963. The number of likely N-dealkylation sites (tertiary alicyclic amines) is 1. The average Bonchev–Trinajstić information content (AvgIpc) is 2.72. The van der Waals surface area contributed by atoms with Gasteiger partial charge in [0.1, 0.15) is 0 Å². The summed E-state index contributed by atoms with van der Waals surface area (Å²) in [6.45, 7) is 0.977. The summed E-state index contributed by atoms with van der Waals surface area (Å²) in [5.41, 5.74) is 0. The molecule has 0 unspecified atom stereocenters. The van der Waals surface area contributed by atoms with E-state index in [0.717, 1.165) is 19.3 Å². The van der Waals surface area contributed by atoms with E-state index in [1.54, 1.807) is 21.3 Å². The van der Waals surface area contributed by atoms with Crippen LogP contribution in [0, 0.1) is 0 Å². The zero-order valence-corrected chi connectivity index (χ0v) is 14.1. The Morgan fingerprint density at radius 3 is 2.48 bits per heavy atom. The van der Waals surface area contributed by atoms with Crippen molar-refractivity contribution < 1.29 is 22.9 Å². The van der Waals surface area contributed by atoms with Crippen LogP contribution in [0.1, 0.15) is 32.1 Å². The van der Waals surface area contributed by atoms with Gasteiger partial charge in [-0.1, -0.05) is 6.42 Å². The molecule has 122 valence electrons. The second-order valence-corrected chi connectivity index (χ2v) is 8.08. The summed E-state index contributed by atoms with van der Waals surface area (Å²) in [5.74, 6) is -0.0839. The van der Waals surface area contributed by atoms with E-state index in [0.29, 0.717) is 32.0 Å². The number of carbonyl (C=O) groups excluding carboxylic acids is 2. The molecule has 1 N–H and O–H groups in total. The largest absolute Gasteiger partial charge is 0.500 e. The number of nitrogens with zero attached hydrogens (tertiary/aromatic N) is 1. The third-order valence-electron chi connectivity index (χ3n) is 3.69. The Labute approximate surface area is 127 Å². The highest BCUT2D eigenvalue weighted by Crippen LogP contribution is 2.15. The van der Waals surface area contributed by atoms with Gasteiger partial charge in [0.15, 0.2) is 0 Å². The lowest BCUT2D eigenvalue weighted by atomic mass is 10.2. The Balaban J connectivity index is 2.34.